The van der Waals surface area contributed by atoms with E-state index in [4.69, 9.17) is 10.2 Å². The lowest BCUT2D eigenvalue weighted by molar-refractivity contribution is -0.132. The Hall–Kier alpha value is -2.35. The lowest BCUT2D eigenvalue weighted by Gasteiger charge is -2.31. The number of hydrogen-bond donors (Lipinski definition) is 1. The molecule has 1 unspecified atom stereocenters. The summed E-state index contributed by atoms with van der Waals surface area (Å²) in [7, 11) is 0. The zero-order chi connectivity index (χ0) is 16.9. The molecule has 126 valence electrons. The first-order valence-electron chi connectivity index (χ1n) is 7.72. The highest BCUT2D eigenvalue weighted by Gasteiger charge is 2.27. The van der Waals surface area contributed by atoms with Gasteiger partial charge in [0.15, 0.2) is 0 Å². The highest BCUT2D eigenvalue weighted by atomic mass is 32.2. The summed E-state index contributed by atoms with van der Waals surface area (Å²) in [4.78, 5) is 25.2. The number of carbonyl (C=O) groups is 2. The van der Waals surface area contributed by atoms with Gasteiger partial charge in [-0.05, 0) is 25.0 Å². The van der Waals surface area contributed by atoms with E-state index in [0.29, 0.717) is 24.2 Å². The van der Waals surface area contributed by atoms with Crippen molar-refractivity contribution in [2.24, 2.45) is 11.7 Å². The summed E-state index contributed by atoms with van der Waals surface area (Å²) in [5, 5.41) is 8.30. The molecule has 1 aromatic carbocycles. The van der Waals surface area contributed by atoms with Crippen LogP contribution in [0, 0.1) is 5.92 Å². The molecule has 0 aliphatic carbocycles. The first-order valence-corrected chi connectivity index (χ1v) is 8.71. The maximum atomic E-state index is 12.3. The van der Waals surface area contributed by atoms with Gasteiger partial charge in [-0.1, -0.05) is 30.0 Å². The van der Waals surface area contributed by atoms with Gasteiger partial charge in [0.25, 0.3) is 5.22 Å². The minimum atomic E-state index is -0.343. The summed E-state index contributed by atoms with van der Waals surface area (Å²) >= 11 is 1.20. The third kappa shape index (κ3) is 3.94. The Bertz CT molecular complexity index is 719. The number of nitrogens with two attached hydrogens (primary N) is 1. The molecule has 24 heavy (non-hydrogen) atoms. The zero-order valence-electron chi connectivity index (χ0n) is 13.1. The Balaban J connectivity index is 1.55. The van der Waals surface area contributed by atoms with Crippen LogP contribution in [-0.4, -0.2) is 45.8 Å². The summed E-state index contributed by atoms with van der Waals surface area (Å²) in [5.74, 6) is -0.0184. The van der Waals surface area contributed by atoms with E-state index in [1.54, 1.807) is 4.90 Å². The Kier molecular flexibility index (Phi) is 5.14. The number of aromatic nitrogens is 2. The summed E-state index contributed by atoms with van der Waals surface area (Å²) in [6.07, 6.45) is 1.54. The molecule has 3 rings (SSSR count). The zero-order valence-corrected chi connectivity index (χ0v) is 13.9. The molecule has 2 amide bonds. The first-order chi connectivity index (χ1) is 11.6. The van der Waals surface area contributed by atoms with Crippen LogP contribution < -0.4 is 5.73 Å². The molecule has 1 aliphatic rings. The third-order valence-electron chi connectivity index (χ3n) is 3.92. The fourth-order valence-electron chi connectivity index (χ4n) is 2.62. The lowest BCUT2D eigenvalue weighted by atomic mass is 9.97. The number of hydrogen-bond acceptors (Lipinski definition) is 6. The summed E-state index contributed by atoms with van der Waals surface area (Å²) in [5.41, 5.74) is 6.17. The summed E-state index contributed by atoms with van der Waals surface area (Å²) in [6, 6.07) is 9.45. The van der Waals surface area contributed by atoms with Gasteiger partial charge in [0.05, 0.1) is 11.7 Å². The van der Waals surface area contributed by atoms with Crippen LogP contribution in [0.4, 0.5) is 0 Å². The summed E-state index contributed by atoms with van der Waals surface area (Å²) < 4.78 is 5.56. The van der Waals surface area contributed by atoms with Gasteiger partial charge in [-0.25, -0.2) is 0 Å². The normalized spacial score (nSPS) is 17.7. The molecule has 1 aromatic heterocycles. The van der Waals surface area contributed by atoms with Crippen molar-refractivity contribution >= 4 is 23.6 Å². The van der Waals surface area contributed by atoms with E-state index < -0.39 is 0 Å². The predicted octanol–water partition coefficient (Wildman–Crippen LogP) is 1.55. The van der Waals surface area contributed by atoms with Gasteiger partial charge < -0.3 is 15.1 Å². The molecule has 8 heteroatoms. The minimum Gasteiger partial charge on any atom is -0.411 e. The van der Waals surface area contributed by atoms with E-state index >= 15 is 0 Å². The quantitative estimate of drug-likeness (QED) is 0.824. The van der Waals surface area contributed by atoms with Crippen molar-refractivity contribution in [2.75, 3.05) is 18.8 Å². The van der Waals surface area contributed by atoms with Crippen molar-refractivity contribution in [3.05, 3.63) is 30.3 Å². The van der Waals surface area contributed by atoms with Crippen LogP contribution in [-0.2, 0) is 9.59 Å². The van der Waals surface area contributed by atoms with Crippen molar-refractivity contribution in [3.8, 4) is 11.5 Å². The highest BCUT2D eigenvalue weighted by molar-refractivity contribution is 7.99. The number of piperidine rings is 1. The molecule has 2 heterocycles. The van der Waals surface area contributed by atoms with Crippen LogP contribution in [0.5, 0.6) is 0 Å². The largest absolute Gasteiger partial charge is 0.411 e. The van der Waals surface area contributed by atoms with Crippen LogP contribution in [0.1, 0.15) is 12.8 Å². The van der Waals surface area contributed by atoms with Gasteiger partial charge in [-0.3, -0.25) is 9.59 Å². The van der Waals surface area contributed by atoms with Gasteiger partial charge in [-0.15, -0.1) is 10.2 Å². The second kappa shape index (κ2) is 7.48. The molecule has 0 bridgehead atoms. The molecule has 7 nitrogen and oxygen atoms in total. The third-order valence-corrected chi connectivity index (χ3v) is 4.73. The summed E-state index contributed by atoms with van der Waals surface area (Å²) in [6.45, 7) is 1.05. The fraction of sp³-hybridized carbons (Fsp3) is 0.375. The number of thioether (sulfide) groups is 1. The Morgan fingerprint density at radius 1 is 1.29 bits per heavy atom. The van der Waals surface area contributed by atoms with Gasteiger partial charge in [0, 0.05) is 18.7 Å². The van der Waals surface area contributed by atoms with E-state index in [1.807, 2.05) is 30.3 Å². The SMILES string of the molecule is NC(=O)C1CCCN(C(=O)CSc2nnc(-c3ccccc3)o2)C1. The Labute approximate surface area is 143 Å². The van der Waals surface area contributed by atoms with Crippen LogP contribution in [0.3, 0.4) is 0 Å². The highest BCUT2D eigenvalue weighted by Crippen LogP contribution is 2.24. The number of primary amides is 1. The van der Waals surface area contributed by atoms with Gasteiger partial charge in [0.1, 0.15) is 0 Å². The maximum absolute atomic E-state index is 12.3. The predicted molar refractivity (Wildman–Crippen MR) is 89.0 cm³/mol. The molecular weight excluding hydrogens is 328 g/mol. The van der Waals surface area contributed by atoms with Crippen LogP contribution in [0.15, 0.2) is 40.0 Å². The number of carbonyl (C=O) groups excluding carboxylic acids is 2. The molecule has 2 N–H and O–H groups in total. The topological polar surface area (TPSA) is 102 Å². The number of benzene rings is 1. The van der Waals surface area contributed by atoms with Crippen LogP contribution >= 0.6 is 11.8 Å². The Morgan fingerprint density at radius 2 is 2.08 bits per heavy atom. The first kappa shape index (κ1) is 16.5. The molecule has 2 aromatic rings. The minimum absolute atomic E-state index is 0.0505. The molecule has 1 fully saturated rings. The molecule has 0 radical (unpaired) electrons. The average Bonchev–Trinajstić information content (AvgIpc) is 3.09. The number of rotatable bonds is 5. The van der Waals surface area contributed by atoms with Gasteiger partial charge >= 0.3 is 0 Å². The van der Waals surface area contributed by atoms with Gasteiger partial charge in [0.2, 0.25) is 17.7 Å². The molecule has 1 aliphatic heterocycles. The molecule has 0 saturated carbocycles. The average molecular weight is 346 g/mol. The second-order valence-corrected chi connectivity index (χ2v) is 6.54. The smallest absolute Gasteiger partial charge is 0.277 e. The molecule has 0 spiro atoms. The van der Waals surface area contributed by atoms with Crippen molar-refractivity contribution in [3.63, 3.8) is 0 Å². The van der Waals surface area contributed by atoms with E-state index in [9.17, 15) is 9.59 Å². The molecule has 1 saturated heterocycles. The Morgan fingerprint density at radius 3 is 2.83 bits per heavy atom. The lowest BCUT2D eigenvalue weighted by Crippen LogP contribution is -2.44. The van der Waals surface area contributed by atoms with E-state index in [0.717, 1.165) is 18.4 Å². The van der Waals surface area contributed by atoms with E-state index in [2.05, 4.69) is 10.2 Å². The van der Waals surface area contributed by atoms with Crippen molar-refractivity contribution in [1.82, 2.24) is 15.1 Å². The van der Waals surface area contributed by atoms with Crippen molar-refractivity contribution < 1.29 is 14.0 Å². The van der Waals surface area contributed by atoms with Crippen molar-refractivity contribution in [1.29, 1.82) is 0 Å². The number of amides is 2. The van der Waals surface area contributed by atoms with E-state index in [-0.39, 0.29) is 23.5 Å². The molecule has 1 atom stereocenters. The fourth-order valence-corrected chi connectivity index (χ4v) is 3.28. The van der Waals surface area contributed by atoms with E-state index in [1.165, 1.54) is 11.8 Å². The van der Waals surface area contributed by atoms with Crippen LogP contribution in [0.2, 0.25) is 0 Å². The second-order valence-electron chi connectivity index (χ2n) is 5.61. The standard InChI is InChI=1S/C16H18N4O3S/c17-14(22)12-7-4-8-20(9-12)13(21)10-24-16-19-18-15(23-16)11-5-2-1-3-6-11/h1-3,5-6,12H,4,7-10H2,(H2,17,22). The monoisotopic (exact) mass is 346 g/mol. The maximum Gasteiger partial charge on any atom is 0.277 e. The number of likely N-dealkylation sites (tertiary alicyclic amines) is 1. The van der Waals surface area contributed by atoms with Crippen LogP contribution in [0.25, 0.3) is 11.5 Å². The number of nitrogens with zero attached hydrogens (tertiary/aromatic N) is 3. The van der Waals surface area contributed by atoms with Crippen molar-refractivity contribution in [2.45, 2.75) is 18.1 Å². The molecular formula is C16H18N4O3S. The van der Waals surface area contributed by atoms with Gasteiger partial charge in [-0.2, -0.15) is 0 Å².